The molecule has 2 aromatic rings. The van der Waals surface area contributed by atoms with Crippen molar-refractivity contribution in [2.45, 2.75) is 29.9 Å². The van der Waals surface area contributed by atoms with Crippen LogP contribution in [-0.2, 0) is 14.4 Å². The summed E-state index contributed by atoms with van der Waals surface area (Å²) in [5.41, 5.74) is -0.864. The summed E-state index contributed by atoms with van der Waals surface area (Å²) in [5.74, 6) is -9.24. The van der Waals surface area contributed by atoms with Crippen molar-refractivity contribution in [2.24, 2.45) is 0 Å². The highest BCUT2D eigenvalue weighted by Gasteiger charge is 2.23. The third-order valence-corrected chi connectivity index (χ3v) is 4.82. The number of halogens is 4. The number of thioether (sulfide) groups is 1. The van der Waals surface area contributed by atoms with Gasteiger partial charge in [0.1, 0.15) is 5.69 Å². The predicted molar refractivity (Wildman–Crippen MR) is 102 cm³/mol. The van der Waals surface area contributed by atoms with E-state index in [1.54, 1.807) is 18.2 Å². The van der Waals surface area contributed by atoms with Crippen LogP contribution in [0.15, 0.2) is 35.2 Å². The van der Waals surface area contributed by atoms with Crippen LogP contribution < -0.4 is 10.6 Å². The standard InChI is InChI=1S/C19H16F4N2O4S/c1-9(19(29)25-18-16(22)12(20)8-13(21)17(18)23)30-11-4-2-3-10(7-11)24-14(26)5-6-15(27)28/h2-4,7-9H,5-6H2,1H3,(H,24,26)(H,25,29)(H,27,28). The summed E-state index contributed by atoms with van der Waals surface area (Å²) in [6.45, 7) is 1.41. The van der Waals surface area contributed by atoms with Crippen molar-refractivity contribution >= 4 is 40.9 Å². The molecule has 0 spiro atoms. The summed E-state index contributed by atoms with van der Waals surface area (Å²) in [6, 6.07) is 6.27. The highest BCUT2D eigenvalue weighted by atomic mass is 32.2. The number of benzene rings is 2. The molecule has 0 saturated carbocycles. The van der Waals surface area contributed by atoms with Gasteiger partial charge in [-0.25, -0.2) is 17.6 Å². The summed E-state index contributed by atoms with van der Waals surface area (Å²) < 4.78 is 53.9. The maximum atomic E-state index is 13.7. The van der Waals surface area contributed by atoms with Gasteiger partial charge in [0.25, 0.3) is 0 Å². The first-order valence-corrected chi connectivity index (χ1v) is 9.38. The zero-order valence-electron chi connectivity index (χ0n) is 15.5. The Morgan fingerprint density at radius 2 is 1.63 bits per heavy atom. The molecule has 11 heteroatoms. The summed E-state index contributed by atoms with van der Waals surface area (Å²) in [5, 5.41) is 12.0. The maximum Gasteiger partial charge on any atom is 0.303 e. The first kappa shape index (κ1) is 23.2. The number of hydrogen-bond donors (Lipinski definition) is 3. The molecule has 3 N–H and O–H groups in total. The van der Waals surface area contributed by atoms with Crippen LogP contribution in [0, 0.1) is 23.3 Å². The van der Waals surface area contributed by atoms with Crippen LogP contribution in [0.3, 0.4) is 0 Å². The number of rotatable bonds is 8. The van der Waals surface area contributed by atoms with Gasteiger partial charge in [0.2, 0.25) is 11.8 Å². The van der Waals surface area contributed by atoms with E-state index in [1.165, 1.54) is 13.0 Å². The van der Waals surface area contributed by atoms with Crippen LogP contribution in [0.25, 0.3) is 0 Å². The van der Waals surface area contributed by atoms with E-state index in [9.17, 15) is 31.9 Å². The molecule has 0 saturated heterocycles. The molecular formula is C19H16F4N2O4S. The Hall–Kier alpha value is -3.08. The fourth-order valence-electron chi connectivity index (χ4n) is 2.26. The number of carbonyl (C=O) groups excluding carboxylic acids is 2. The lowest BCUT2D eigenvalue weighted by Crippen LogP contribution is -2.24. The number of carboxylic acids is 1. The van der Waals surface area contributed by atoms with Gasteiger partial charge in [0.05, 0.1) is 11.7 Å². The molecule has 0 fully saturated rings. The molecule has 0 aromatic heterocycles. The first-order chi connectivity index (χ1) is 14.1. The first-order valence-electron chi connectivity index (χ1n) is 8.50. The van der Waals surface area contributed by atoms with E-state index in [4.69, 9.17) is 5.11 Å². The maximum absolute atomic E-state index is 13.7. The number of aliphatic carboxylic acids is 1. The normalized spacial score (nSPS) is 11.6. The zero-order valence-corrected chi connectivity index (χ0v) is 16.3. The van der Waals surface area contributed by atoms with Crippen LogP contribution in [0.4, 0.5) is 28.9 Å². The van der Waals surface area contributed by atoms with E-state index in [2.05, 4.69) is 5.32 Å². The molecule has 6 nitrogen and oxygen atoms in total. The lowest BCUT2D eigenvalue weighted by molar-refractivity contribution is -0.138. The molecular weight excluding hydrogens is 428 g/mol. The fraction of sp³-hybridized carbons (Fsp3) is 0.211. The van der Waals surface area contributed by atoms with Gasteiger partial charge in [-0.1, -0.05) is 6.07 Å². The Bertz CT molecular complexity index is 961. The summed E-state index contributed by atoms with van der Waals surface area (Å²) in [6.07, 6.45) is -0.544. The van der Waals surface area contributed by atoms with Crippen LogP contribution in [-0.4, -0.2) is 28.1 Å². The van der Waals surface area contributed by atoms with Crippen molar-refractivity contribution in [1.29, 1.82) is 0 Å². The quantitative estimate of drug-likeness (QED) is 0.323. The van der Waals surface area contributed by atoms with E-state index in [0.29, 0.717) is 10.6 Å². The van der Waals surface area contributed by atoms with Gasteiger partial charge in [0, 0.05) is 23.1 Å². The number of nitrogens with one attached hydrogen (secondary N) is 2. The number of amides is 2. The van der Waals surface area contributed by atoms with Crippen LogP contribution in [0.2, 0.25) is 0 Å². The van der Waals surface area contributed by atoms with Crippen molar-refractivity contribution in [1.82, 2.24) is 0 Å². The summed E-state index contributed by atoms with van der Waals surface area (Å²) in [7, 11) is 0. The van der Waals surface area contributed by atoms with Gasteiger partial charge in [-0.15, -0.1) is 11.8 Å². The van der Waals surface area contributed by atoms with Gasteiger partial charge in [0.15, 0.2) is 23.3 Å². The molecule has 0 aliphatic rings. The SMILES string of the molecule is CC(Sc1cccc(NC(=O)CCC(=O)O)c1)C(=O)Nc1c(F)c(F)cc(F)c1F. The number of carboxylic acid groups (broad SMARTS) is 1. The number of carbonyl (C=O) groups is 3. The average molecular weight is 444 g/mol. The molecule has 0 aliphatic heterocycles. The van der Waals surface area contributed by atoms with Gasteiger partial charge in [-0.3, -0.25) is 14.4 Å². The van der Waals surface area contributed by atoms with Crippen molar-refractivity contribution in [3.05, 3.63) is 53.6 Å². The third kappa shape index (κ3) is 6.21. The fourth-order valence-corrected chi connectivity index (χ4v) is 3.18. The molecule has 1 atom stereocenters. The minimum atomic E-state index is -1.72. The monoisotopic (exact) mass is 444 g/mol. The van der Waals surface area contributed by atoms with E-state index >= 15 is 0 Å². The third-order valence-electron chi connectivity index (χ3n) is 3.73. The number of hydrogen-bond acceptors (Lipinski definition) is 4. The second-order valence-electron chi connectivity index (χ2n) is 6.06. The molecule has 1 unspecified atom stereocenters. The molecule has 2 rings (SSSR count). The predicted octanol–water partition coefficient (Wildman–Crippen LogP) is 4.17. The highest BCUT2D eigenvalue weighted by molar-refractivity contribution is 8.00. The van der Waals surface area contributed by atoms with Gasteiger partial charge >= 0.3 is 5.97 Å². The van der Waals surface area contributed by atoms with Gasteiger partial charge < -0.3 is 15.7 Å². The van der Waals surface area contributed by atoms with E-state index in [0.717, 1.165) is 11.8 Å². The van der Waals surface area contributed by atoms with Gasteiger partial charge in [-0.2, -0.15) is 0 Å². The van der Waals surface area contributed by atoms with Crippen molar-refractivity contribution in [3.8, 4) is 0 Å². The molecule has 2 aromatic carbocycles. The Kier molecular flexibility index (Phi) is 7.81. The highest BCUT2D eigenvalue weighted by Crippen LogP contribution is 2.29. The van der Waals surface area contributed by atoms with Crippen LogP contribution in [0.1, 0.15) is 19.8 Å². The Labute approximate surface area is 172 Å². The van der Waals surface area contributed by atoms with Gasteiger partial charge in [-0.05, 0) is 25.1 Å². The average Bonchev–Trinajstić information content (AvgIpc) is 2.68. The smallest absolute Gasteiger partial charge is 0.303 e. The molecule has 0 bridgehead atoms. The zero-order chi connectivity index (χ0) is 22.4. The van der Waals surface area contributed by atoms with Crippen LogP contribution >= 0.6 is 11.8 Å². The summed E-state index contributed by atoms with van der Waals surface area (Å²) in [4.78, 5) is 34.9. The van der Waals surface area contributed by atoms with Crippen LogP contribution in [0.5, 0.6) is 0 Å². The molecule has 2 amide bonds. The Morgan fingerprint density at radius 3 is 2.23 bits per heavy atom. The summed E-state index contributed by atoms with van der Waals surface area (Å²) >= 11 is 0.961. The van der Waals surface area contributed by atoms with Crippen molar-refractivity contribution in [2.75, 3.05) is 10.6 Å². The van der Waals surface area contributed by atoms with E-state index < -0.39 is 52.0 Å². The minimum Gasteiger partial charge on any atom is -0.481 e. The molecule has 0 aliphatic carbocycles. The second kappa shape index (κ2) is 10.1. The molecule has 0 heterocycles. The van der Waals surface area contributed by atoms with Crippen molar-refractivity contribution in [3.63, 3.8) is 0 Å². The van der Waals surface area contributed by atoms with E-state index in [-0.39, 0.29) is 18.9 Å². The molecule has 30 heavy (non-hydrogen) atoms. The topological polar surface area (TPSA) is 95.5 Å². The van der Waals surface area contributed by atoms with Crippen molar-refractivity contribution < 1.29 is 37.1 Å². The lowest BCUT2D eigenvalue weighted by atomic mass is 10.2. The molecule has 160 valence electrons. The lowest BCUT2D eigenvalue weighted by Gasteiger charge is -2.14. The number of anilines is 2. The Morgan fingerprint density at radius 1 is 1.00 bits per heavy atom. The second-order valence-corrected chi connectivity index (χ2v) is 7.48. The Balaban J connectivity index is 2.04. The van der Waals surface area contributed by atoms with E-state index in [1.807, 2.05) is 5.32 Å². The largest absolute Gasteiger partial charge is 0.481 e. The minimum absolute atomic E-state index is 0.0365. The molecule has 0 radical (unpaired) electrons.